The molecule has 2 N–H and O–H groups in total. The summed E-state index contributed by atoms with van der Waals surface area (Å²) in [7, 11) is 0. The van der Waals surface area contributed by atoms with E-state index in [1.165, 1.54) is 0 Å². The van der Waals surface area contributed by atoms with Crippen LogP contribution in [0.25, 0.3) is 10.9 Å². The molecule has 1 aromatic carbocycles. The Bertz CT molecular complexity index is 768. The van der Waals surface area contributed by atoms with Crippen LogP contribution in [0.5, 0.6) is 0 Å². The lowest BCUT2D eigenvalue weighted by molar-refractivity contribution is 0.0695. The fourth-order valence-corrected chi connectivity index (χ4v) is 2.21. The van der Waals surface area contributed by atoms with Gasteiger partial charge >= 0.3 is 5.97 Å². The molecule has 1 aromatic heterocycles. The number of aromatic nitrogens is 1. The van der Waals surface area contributed by atoms with Gasteiger partial charge in [0.05, 0.1) is 10.9 Å². The molecule has 0 saturated heterocycles. The second-order valence-electron chi connectivity index (χ2n) is 4.62. The Morgan fingerprint density at radius 1 is 1.35 bits per heavy atom. The van der Waals surface area contributed by atoms with Gasteiger partial charge in [-0.05, 0) is 24.8 Å². The molecule has 3 rings (SSSR count). The van der Waals surface area contributed by atoms with Gasteiger partial charge < -0.3 is 10.1 Å². The summed E-state index contributed by atoms with van der Waals surface area (Å²) in [5.41, 5.74) is -1.59. The number of carboxylic acids is 1. The third kappa shape index (κ3) is 2.06. The number of halogens is 3. The maximum atomic E-state index is 14.2. The molecule has 0 aliphatic heterocycles. The third-order valence-corrected chi connectivity index (χ3v) is 3.32. The summed E-state index contributed by atoms with van der Waals surface area (Å²) in [4.78, 5) is 25.1. The zero-order chi connectivity index (χ0) is 13.7. The normalized spacial score (nSPS) is 14.1. The molecule has 7 heteroatoms. The second kappa shape index (κ2) is 4.86. The number of carbonyl (C=O) groups is 1. The first-order chi connectivity index (χ1) is 9.00. The van der Waals surface area contributed by atoms with Crippen molar-refractivity contribution in [1.82, 2.24) is 4.98 Å². The molecule has 2 aromatic rings. The van der Waals surface area contributed by atoms with Crippen molar-refractivity contribution in [3.63, 3.8) is 0 Å². The van der Waals surface area contributed by atoms with Crippen LogP contribution in [-0.2, 0) is 0 Å². The number of carboxylic acid groups (broad SMARTS) is 1. The van der Waals surface area contributed by atoms with Crippen LogP contribution in [0.3, 0.4) is 0 Å². The highest BCUT2D eigenvalue weighted by Crippen LogP contribution is 2.43. The molecule has 0 atom stereocenters. The van der Waals surface area contributed by atoms with Gasteiger partial charge in [-0.1, -0.05) is 0 Å². The van der Waals surface area contributed by atoms with Crippen molar-refractivity contribution < 1.29 is 18.7 Å². The Morgan fingerprint density at radius 2 is 2.00 bits per heavy atom. The second-order valence-corrected chi connectivity index (χ2v) is 4.62. The average Bonchev–Trinajstić information content (AvgIpc) is 3.14. The van der Waals surface area contributed by atoms with Crippen molar-refractivity contribution in [3.8, 4) is 0 Å². The van der Waals surface area contributed by atoms with Crippen LogP contribution in [-0.4, -0.2) is 16.1 Å². The summed E-state index contributed by atoms with van der Waals surface area (Å²) in [6, 6.07) is 0.914. The molecule has 0 radical (unpaired) electrons. The van der Waals surface area contributed by atoms with Crippen LogP contribution in [0.15, 0.2) is 17.1 Å². The van der Waals surface area contributed by atoms with Crippen LogP contribution in [0.1, 0.15) is 34.7 Å². The molecule has 1 heterocycles. The third-order valence-electron chi connectivity index (χ3n) is 3.32. The minimum atomic E-state index is -1.43. The van der Waals surface area contributed by atoms with Crippen LogP contribution in [0.2, 0.25) is 0 Å². The fraction of sp³-hybridized carbons (Fsp3) is 0.231. The number of rotatable bonds is 2. The number of hydrogen-bond acceptors (Lipinski definition) is 2. The van der Waals surface area contributed by atoms with E-state index in [1.807, 2.05) is 0 Å². The van der Waals surface area contributed by atoms with Gasteiger partial charge in [0.15, 0.2) is 5.82 Å². The highest BCUT2D eigenvalue weighted by molar-refractivity contribution is 5.92. The Labute approximate surface area is 117 Å². The number of aromatic amines is 1. The standard InChI is InChI=1S/C13H9F2NO3.ClH/c14-8-3-6-11(10(15)9(8)5-1-2-5)16-4-7(12(6)17)13(18)19;/h3-5H,1-2H2,(H,16,17)(H,18,19);1H. The highest BCUT2D eigenvalue weighted by atomic mass is 35.5. The van der Waals surface area contributed by atoms with Crippen molar-refractivity contribution >= 4 is 29.3 Å². The molecule has 1 fully saturated rings. The first-order valence-corrected chi connectivity index (χ1v) is 5.77. The average molecular weight is 302 g/mol. The smallest absolute Gasteiger partial charge is 0.341 e. The van der Waals surface area contributed by atoms with Gasteiger partial charge in [0.1, 0.15) is 11.4 Å². The van der Waals surface area contributed by atoms with Crippen molar-refractivity contribution in [3.05, 3.63) is 45.2 Å². The number of benzene rings is 1. The molecule has 20 heavy (non-hydrogen) atoms. The molecule has 1 aliphatic carbocycles. The topological polar surface area (TPSA) is 70.2 Å². The largest absolute Gasteiger partial charge is 0.477 e. The predicted octanol–water partition coefficient (Wildman–Crippen LogP) is 2.80. The van der Waals surface area contributed by atoms with E-state index in [0.29, 0.717) is 0 Å². The van der Waals surface area contributed by atoms with Gasteiger partial charge in [-0.25, -0.2) is 13.6 Å². The Kier molecular flexibility index (Phi) is 3.52. The summed E-state index contributed by atoms with van der Waals surface area (Å²) < 4.78 is 28.0. The van der Waals surface area contributed by atoms with Crippen LogP contribution < -0.4 is 5.43 Å². The van der Waals surface area contributed by atoms with Gasteiger partial charge in [0.2, 0.25) is 5.43 Å². The van der Waals surface area contributed by atoms with E-state index in [0.717, 1.165) is 25.1 Å². The summed E-state index contributed by atoms with van der Waals surface area (Å²) in [6.45, 7) is 0. The maximum Gasteiger partial charge on any atom is 0.341 e. The van der Waals surface area contributed by atoms with Crippen molar-refractivity contribution in [1.29, 1.82) is 0 Å². The SMILES string of the molecule is Cl.O=C(O)c1c[nH]c2c(F)c(C3CC3)c(F)cc2c1=O. The fourth-order valence-electron chi connectivity index (χ4n) is 2.21. The van der Waals surface area contributed by atoms with Crippen molar-refractivity contribution in [2.45, 2.75) is 18.8 Å². The van der Waals surface area contributed by atoms with Crippen LogP contribution in [0, 0.1) is 11.6 Å². The van der Waals surface area contributed by atoms with Crippen LogP contribution >= 0.6 is 12.4 Å². The zero-order valence-electron chi connectivity index (χ0n) is 10.1. The Morgan fingerprint density at radius 3 is 2.55 bits per heavy atom. The highest BCUT2D eigenvalue weighted by Gasteiger charge is 2.31. The van der Waals surface area contributed by atoms with Crippen LogP contribution in [0.4, 0.5) is 8.78 Å². The molecule has 0 unspecified atom stereocenters. The summed E-state index contributed by atoms with van der Waals surface area (Å²) in [5, 5.41) is 8.53. The van der Waals surface area contributed by atoms with E-state index >= 15 is 0 Å². The Hall–Kier alpha value is -1.95. The minimum Gasteiger partial charge on any atom is -0.477 e. The van der Waals surface area contributed by atoms with E-state index in [1.54, 1.807) is 0 Å². The molecule has 0 spiro atoms. The number of pyridine rings is 1. The van der Waals surface area contributed by atoms with Gasteiger partial charge in [-0.15, -0.1) is 12.4 Å². The molecule has 106 valence electrons. The summed E-state index contributed by atoms with van der Waals surface area (Å²) in [5.74, 6) is -3.17. The number of H-pyrrole nitrogens is 1. The molecule has 0 bridgehead atoms. The monoisotopic (exact) mass is 301 g/mol. The minimum absolute atomic E-state index is 0. The first-order valence-electron chi connectivity index (χ1n) is 5.77. The number of hydrogen-bond donors (Lipinski definition) is 2. The lowest BCUT2D eigenvalue weighted by Crippen LogP contribution is -2.16. The van der Waals surface area contributed by atoms with E-state index in [2.05, 4.69) is 4.98 Å². The lowest BCUT2D eigenvalue weighted by Gasteiger charge is -2.07. The van der Waals surface area contributed by atoms with E-state index in [4.69, 9.17) is 5.11 Å². The van der Waals surface area contributed by atoms with Gasteiger partial charge in [-0.2, -0.15) is 0 Å². The van der Waals surface area contributed by atoms with Crippen molar-refractivity contribution in [2.75, 3.05) is 0 Å². The Balaban J connectivity index is 0.00000147. The molecule has 4 nitrogen and oxygen atoms in total. The lowest BCUT2D eigenvalue weighted by atomic mass is 10.0. The van der Waals surface area contributed by atoms with Gasteiger partial charge in [-0.3, -0.25) is 4.79 Å². The predicted molar refractivity (Wildman–Crippen MR) is 70.7 cm³/mol. The summed E-state index contributed by atoms with van der Waals surface area (Å²) in [6.07, 6.45) is 2.37. The molecule has 1 aliphatic rings. The number of aromatic carboxylic acids is 1. The van der Waals surface area contributed by atoms with Gasteiger partial charge in [0, 0.05) is 11.8 Å². The number of fused-ring (bicyclic) bond motifs is 1. The maximum absolute atomic E-state index is 14.2. The first kappa shape index (κ1) is 14.5. The van der Waals surface area contributed by atoms with E-state index in [9.17, 15) is 18.4 Å². The van der Waals surface area contributed by atoms with E-state index in [-0.39, 0.29) is 34.8 Å². The summed E-state index contributed by atoms with van der Waals surface area (Å²) >= 11 is 0. The molecular formula is C13H10ClF2NO3. The zero-order valence-corrected chi connectivity index (χ0v) is 10.9. The molecule has 0 amide bonds. The quantitative estimate of drug-likeness (QED) is 0.896. The number of nitrogens with one attached hydrogen (secondary N) is 1. The molecule has 1 saturated carbocycles. The van der Waals surface area contributed by atoms with Crippen molar-refractivity contribution in [2.24, 2.45) is 0 Å². The van der Waals surface area contributed by atoms with Gasteiger partial charge in [0.25, 0.3) is 0 Å². The molecular weight excluding hydrogens is 292 g/mol. The van der Waals surface area contributed by atoms with E-state index < -0.39 is 28.6 Å².